The maximum Gasteiger partial charge on any atom is 0.258 e. The summed E-state index contributed by atoms with van der Waals surface area (Å²) in [6, 6.07) is 3.59. The summed E-state index contributed by atoms with van der Waals surface area (Å²) in [5.74, 6) is 0. The Morgan fingerprint density at radius 3 is 3.06 bits per heavy atom. The minimum absolute atomic E-state index is 0.0931. The van der Waals surface area contributed by atoms with Crippen molar-refractivity contribution >= 4 is 10.0 Å². The molecular weight excluding hydrogens is 238 g/mol. The minimum Gasteiger partial charge on any atom is -0.313 e. The highest BCUT2D eigenvalue weighted by atomic mass is 32.2. The minimum atomic E-state index is -3.47. The van der Waals surface area contributed by atoms with Gasteiger partial charge in [0.25, 0.3) is 10.0 Å². The van der Waals surface area contributed by atoms with Crippen LogP contribution in [0.4, 0.5) is 0 Å². The summed E-state index contributed by atoms with van der Waals surface area (Å²) >= 11 is 0. The Bertz CT molecular complexity index is 481. The molecule has 0 amide bonds. The lowest BCUT2D eigenvalue weighted by atomic mass is 10.2. The normalized spacial score (nSPS) is 20.6. The largest absolute Gasteiger partial charge is 0.313 e. The summed E-state index contributed by atoms with van der Waals surface area (Å²) in [7, 11) is -3.47. The third-order valence-electron chi connectivity index (χ3n) is 2.85. The Labute approximate surface area is 102 Å². The summed E-state index contributed by atoms with van der Waals surface area (Å²) in [6.45, 7) is 3.24. The molecule has 5 nitrogen and oxygen atoms in total. The highest BCUT2D eigenvalue weighted by Crippen LogP contribution is 2.08. The van der Waals surface area contributed by atoms with Crippen LogP contribution in [0.5, 0.6) is 0 Å². The first kappa shape index (κ1) is 12.5. The summed E-state index contributed by atoms with van der Waals surface area (Å²) in [5, 5.41) is 3.34. The van der Waals surface area contributed by atoms with Gasteiger partial charge in [-0.3, -0.25) is 0 Å². The molecule has 0 radical (unpaired) electrons. The van der Waals surface area contributed by atoms with E-state index in [-0.39, 0.29) is 11.1 Å². The molecule has 1 aromatic heterocycles. The van der Waals surface area contributed by atoms with Crippen molar-refractivity contribution in [1.82, 2.24) is 15.0 Å². The van der Waals surface area contributed by atoms with Crippen LogP contribution >= 0.6 is 0 Å². The predicted octanol–water partition coefficient (Wildman–Crippen LogP) is 0.420. The fourth-order valence-corrected chi connectivity index (χ4v) is 2.98. The predicted molar refractivity (Wildman–Crippen MR) is 65.2 cm³/mol. The molecular formula is C11H17N3O2S. The van der Waals surface area contributed by atoms with Crippen molar-refractivity contribution in [1.29, 1.82) is 0 Å². The van der Waals surface area contributed by atoms with E-state index in [1.807, 2.05) is 6.92 Å². The molecule has 17 heavy (non-hydrogen) atoms. The summed E-state index contributed by atoms with van der Waals surface area (Å²) in [4.78, 5) is 3.89. The highest BCUT2D eigenvalue weighted by Gasteiger charge is 2.19. The van der Waals surface area contributed by atoms with Crippen molar-refractivity contribution in [3.05, 3.63) is 23.9 Å². The van der Waals surface area contributed by atoms with Crippen LogP contribution in [0, 0.1) is 6.92 Å². The number of nitrogens with zero attached hydrogens (tertiary/aromatic N) is 1. The van der Waals surface area contributed by atoms with Crippen molar-refractivity contribution < 1.29 is 8.42 Å². The lowest BCUT2D eigenvalue weighted by Gasteiger charge is -2.11. The van der Waals surface area contributed by atoms with E-state index in [9.17, 15) is 8.42 Å². The van der Waals surface area contributed by atoms with Crippen LogP contribution in [-0.2, 0) is 10.0 Å². The number of pyridine rings is 1. The van der Waals surface area contributed by atoms with E-state index < -0.39 is 10.0 Å². The van der Waals surface area contributed by atoms with Gasteiger partial charge in [-0.1, -0.05) is 0 Å². The molecule has 0 aromatic carbocycles. The molecule has 1 aromatic rings. The second-order valence-electron chi connectivity index (χ2n) is 4.32. The zero-order valence-electron chi connectivity index (χ0n) is 9.81. The molecule has 0 aliphatic carbocycles. The summed E-state index contributed by atoms with van der Waals surface area (Å²) in [5.41, 5.74) is 0.888. The molecule has 0 bridgehead atoms. The van der Waals surface area contributed by atoms with Gasteiger partial charge in [0, 0.05) is 18.8 Å². The zero-order chi connectivity index (χ0) is 12.3. The molecule has 2 N–H and O–H groups in total. The Balaban J connectivity index is 2.03. The van der Waals surface area contributed by atoms with Gasteiger partial charge in [0.15, 0.2) is 5.03 Å². The number of nitrogens with one attached hydrogen (secondary N) is 2. The first-order valence-electron chi connectivity index (χ1n) is 5.74. The third kappa shape index (κ3) is 3.24. The van der Waals surface area contributed by atoms with Crippen LogP contribution in [0.2, 0.25) is 0 Å². The molecule has 1 aliphatic rings. The number of aryl methyl sites for hydroxylation is 1. The van der Waals surface area contributed by atoms with Crippen LogP contribution in [-0.4, -0.2) is 32.5 Å². The molecule has 1 atom stereocenters. The van der Waals surface area contributed by atoms with Crippen molar-refractivity contribution in [2.45, 2.75) is 30.8 Å². The number of sulfonamides is 1. The number of hydrogen-bond donors (Lipinski definition) is 2. The first-order chi connectivity index (χ1) is 8.08. The van der Waals surface area contributed by atoms with E-state index in [0.717, 1.165) is 24.9 Å². The van der Waals surface area contributed by atoms with Crippen molar-refractivity contribution in [2.75, 3.05) is 13.1 Å². The van der Waals surface area contributed by atoms with Crippen LogP contribution in [0.25, 0.3) is 0 Å². The fourth-order valence-electron chi connectivity index (χ4n) is 1.87. The highest BCUT2D eigenvalue weighted by molar-refractivity contribution is 7.89. The monoisotopic (exact) mass is 255 g/mol. The Morgan fingerprint density at radius 1 is 1.59 bits per heavy atom. The van der Waals surface area contributed by atoms with E-state index in [1.54, 1.807) is 12.1 Å². The van der Waals surface area contributed by atoms with Crippen LogP contribution in [0.1, 0.15) is 18.4 Å². The Morgan fingerprint density at radius 2 is 2.41 bits per heavy atom. The molecule has 1 aliphatic heterocycles. The lowest BCUT2D eigenvalue weighted by molar-refractivity contribution is 0.549. The Hall–Kier alpha value is -0.980. The van der Waals surface area contributed by atoms with Crippen LogP contribution in [0.3, 0.4) is 0 Å². The molecule has 1 saturated heterocycles. The van der Waals surface area contributed by atoms with E-state index in [4.69, 9.17) is 0 Å². The number of aromatic nitrogens is 1. The second kappa shape index (κ2) is 5.12. The zero-order valence-corrected chi connectivity index (χ0v) is 10.6. The van der Waals surface area contributed by atoms with Gasteiger partial charge >= 0.3 is 0 Å². The van der Waals surface area contributed by atoms with Crippen molar-refractivity contribution in [3.8, 4) is 0 Å². The van der Waals surface area contributed by atoms with Gasteiger partial charge < -0.3 is 5.32 Å². The molecule has 2 heterocycles. The number of hydrogen-bond acceptors (Lipinski definition) is 4. The molecule has 94 valence electrons. The van der Waals surface area contributed by atoms with Gasteiger partial charge in [-0.05, 0) is 44.0 Å². The second-order valence-corrected chi connectivity index (χ2v) is 6.03. The molecule has 6 heteroatoms. The van der Waals surface area contributed by atoms with Crippen LogP contribution < -0.4 is 10.0 Å². The molecule has 2 rings (SSSR count). The SMILES string of the molecule is Cc1ccnc(S(=O)(=O)NC[C@H]2CCCN2)c1. The van der Waals surface area contributed by atoms with Gasteiger partial charge in [0.05, 0.1) is 0 Å². The standard InChI is InChI=1S/C11H17N3O2S/c1-9-4-6-13-11(7-9)17(15,16)14-8-10-3-2-5-12-10/h4,6-7,10,12,14H,2-3,5,8H2,1H3/t10-/m1/s1. The summed E-state index contributed by atoms with van der Waals surface area (Å²) in [6.07, 6.45) is 3.64. The van der Waals surface area contributed by atoms with Gasteiger partial charge in [0.1, 0.15) is 0 Å². The fraction of sp³-hybridized carbons (Fsp3) is 0.545. The molecule has 0 spiro atoms. The van der Waals surface area contributed by atoms with E-state index >= 15 is 0 Å². The van der Waals surface area contributed by atoms with Gasteiger partial charge in [-0.2, -0.15) is 0 Å². The van der Waals surface area contributed by atoms with Crippen LogP contribution in [0.15, 0.2) is 23.4 Å². The maximum absolute atomic E-state index is 11.9. The lowest BCUT2D eigenvalue weighted by Crippen LogP contribution is -2.37. The Kier molecular flexibility index (Phi) is 3.76. The average Bonchev–Trinajstić information content (AvgIpc) is 2.79. The van der Waals surface area contributed by atoms with Crippen molar-refractivity contribution in [3.63, 3.8) is 0 Å². The third-order valence-corrected chi connectivity index (χ3v) is 4.17. The van der Waals surface area contributed by atoms with Crippen molar-refractivity contribution in [2.24, 2.45) is 0 Å². The van der Waals surface area contributed by atoms with E-state index in [1.165, 1.54) is 6.20 Å². The molecule has 1 fully saturated rings. The smallest absolute Gasteiger partial charge is 0.258 e. The number of rotatable bonds is 4. The maximum atomic E-state index is 11.9. The molecule has 0 unspecified atom stereocenters. The van der Waals surface area contributed by atoms with Gasteiger partial charge in [-0.25, -0.2) is 18.1 Å². The quantitative estimate of drug-likeness (QED) is 0.818. The van der Waals surface area contributed by atoms with Gasteiger partial charge in [-0.15, -0.1) is 0 Å². The van der Waals surface area contributed by atoms with Gasteiger partial charge in [0.2, 0.25) is 0 Å². The topological polar surface area (TPSA) is 71.1 Å². The molecule has 0 saturated carbocycles. The van der Waals surface area contributed by atoms with E-state index in [0.29, 0.717) is 6.54 Å². The average molecular weight is 255 g/mol. The summed E-state index contributed by atoms with van der Waals surface area (Å²) < 4.78 is 26.5. The van der Waals surface area contributed by atoms with E-state index in [2.05, 4.69) is 15.0 Å². The first-order valence-corrected chi connectivity index (χ1v) is 7.22.